The van der Waals surface area contributed by atoms with Crippen molar-refractivity contribution >= 4 is 27.5 Å². The zero-order valence-electron chi connectivity index (χ0n) is 7.84. The summed E-state index contributed by atoms with van der Waals surface area (Å²) in [5.41, 5.74) is 0.310. The quantitative estimate of drug-likeness (QED) is 0.855. The van der Waals surface area contributed by atoms with E-state index in [1.54, 1.807) is 0 Å². The molecule has 0 radical (unpaired) electrons. The average Bonchev–Trinajstić information content (AvgIpc) is 2.18. The Morgan fingerprint density at radius 1 is 1.43 bits per heavy atom. The lowest BCUT2D eigenvalue weighted by Gasteiger charge is -2.02. The van der Waals surface area contributed by atoms with Gasteiger partial charge in [-0.05, 0) is 39.5 Å². The topological polar surface area (TPSA) is 37.3 Å². The molecule has 0 unspecified atom stereocenters. The molecule has 0 amide bonds. The normalized spacial score (nSPS) is 10.6. The van der Waals surface area contributed by atoms with E-state index in [1.165, 1.54) is 12.1 Å². The lowest BCUT2D eigenvalue weighted by atomic mass is 10.1. The predicted octanol–water partition coefficient (Wildman–Crippen LogP) is 3.29. The van der Waals surface area contributed by atoms with Crippen molar-refractivity contribution in [3.05, 3.63) is 37.4 Å². The summed E-state index contributed by atoms with van der Waals surface area (Å²) in [5, 5.41) is 9.86. The minimum Gasteiger partial charge on any atom is -0.503 e. The molecular formula is C10H10BrClO2. The van der Waals surface area contributed by atoms with Gasteiger partial charge in [0.25, 0.3) is 0 Å². The molecule has 0 saturated heterocycles. The molecule has 4 heteroatoms. The highest BCUT2D eigenvalue weighted by molar-refractivity contribution is 9.10. The molecule has 2 nitrogen and oxygen atoms in total. The Morgan fingerprint density at radius 2 is 2.00 bits per heavy atom. The first-order valence-corrected chi connectivity index (χ1v) is 5.32. The van der Waals surface area contributed by atoms with Crippen molar-refractivity contribution in [1.29, 1.82) is 0 Å². The summed E-state index contributed by atoms with van der Waals surface area (Å²) in [4.78, 5) is 11.4. The van der Waals surface area contributed by atoms with Crippen LogP contribution in [0.2, 0.25) is 5.02 Å². The molecular weight excluding hydrogens is 267 g/mol. The van der Waals surface area contributed by atoms with E-state index in [0.717, 1.165) is 5.56 Å². The number of aromatic hydroxyl groups is 1. The Kier molecular flexibility index (Phi) is 3.56. The van der Waals surface area contributed by atoms with Crippen molar-refractivity contribution in [2.45, 2.75) is 19.8 Å². The molecule has 0 saturated carbocycles. The Bertz CT molecular complexity index is 416. The number of hydrogen-bond donors (Lipinski definition) is 1. The van der Waals surface area contributed by atoms with Gasteiger partial charge in [0.1, 0.15) is 0 Å². The first kappa shape index (κ1) is 11.5. The molecule has 0 aromatic heterocycles. The molecule has 0 atom stereocenters. The third kappa shape index (κ3) is 2.28. The first-order chi connectivity index (χ1) is 6.43. The summed E-state index contributed by atoms with van der Waals surface area (Å²) in [5.74, 6) is -0.160. The lowest BCUT2D eigenvalue weighted by Crippen LogP contribution is -1.97. The van der Waals surface area contributed by atoms with E-state index in [-0.39, 0.29) is 11.7 Å². The van der Waals surface area contributed by atoms with Gasteiger partial charge in [0.2, 0.25) is 5.43 Å². The molecule has 0 aliphatic rings. The fourth-order valence-electron chi connectivity index (χ4n) is 1.10. The van der Waals surface area contributed by atoms with E-state index in [1.807, 2.05) is 13.8 Å². The van der Waals surface area contributed by atoms with E-state index >= 15 is 0 Å². The van der Waals surface area contributed by atoms with Gasteiger partial charge in [-0.3, -0.25) is 4.79 Å². The van der Waals surface area contributed by atoms with Crippen LogP contribution >= 0.6 is 27.5 Å². The number of halogens is 2. The van der Waals surface area contributed by atoms with Crippen LogP contribution in [0.5, 0.6) is 5.75 Å². The van der Waals surface area contributed by atoms with Gasteiger partial charge in [0, 0.05) is 5.02 Å². The fourth-order valence-corrected chi connectivity index (χ4v) is 2.04. The summed E-state index contributed by atoms with van der Waals surface area (Å²) in [6.45, 7) is 3.87. The Labute approximate surface area is 95.7 Å². The van der Waals surface area contributed by atoms with Gasteiger partial charge in [-0.15, -0.1) is 0 Å². The van der Waals surface area contributed by atoms with Gasteiger partial charge in [-0.1, -0.05) is 25.4 Å². The van der Waals surface area contributed by atoms with Gasteiger partial charge < -0.3 is 5.11 Å². The first-order valence-electron chi connectivity index (χ1n) is 4.15. The van der Waals surface area contributed by atoms with Gasteiger partial charge >= 0.3 is 0 Å². The van der Waals surface area contributed by atoms with Crippen molar-refractivity contribution in [2.75, 3.05) is 0 Å². The van der Waals surface area contributed by atoms with Crippen LogP contribution in [-0.2, 0) is 0 Å². The Hall–Kier alpha value is -0.540. The Balaban J connectivity index is 3.60. The summed E-state index contributed by atoms with van der Waals surface area (Å²) in [7, 11) is 0. The van der Waals surface area contributed by atoms with E-state index in [9.17, 15) is 9.90 Å². The van der Waals surface area contributed by atoms with Crippen molar-refractivity contribution in [1.82, 2.24) is 0 Å². The van der Waals surface area contributed by atoms with Gasteiger partial charge in [-0.25, -0.2) is 0 Å². The molecule has 0 aliphatic carbocycles. The molecule has 76 valence electrons. The molecule has 0 bridgehead atoms. The van der Waals surface area contributed by atoms with Crippen molar-refractivity contribution in [3.63, 3.8) is 0 Å². The SMILES string of the molecule is CC(C)c1cc(=O)c(O)c(Br)cc1Cl. The zero-order chi connectivity index (χ0) is 10.9. The van der Waals surface area contributed by atoms with E-state index in [0.29, 0.717) is 9.50 Å². The van der Waals surface area contributed by atoms with Crippen LogP contribution in [0.3, 0.4) is 0 Å². The minimum absolute atomic E-state index is 0.147. The second-order valence-electron chi connectivity index (χ2n) is 3.31. The van der Waals surface area contributed by atoms with Crippen molar-refractivity contribution in [3.8, 4) is 5.75 Å². The summed E-state index contributed by atoms with van der Waals surface area (Å²) < 4.78 is 0.319. The smallest absolute Gasteiger partial charge is 0.221 e. The monoisotopic (exact) mass is 276 g/mol. The van der Waals surface area contributed by atoms with E-state index in [2.05, 4.69) is 15.9 Å². The number of hydrogen-bond acceptors (Lipinski definition) is 2. The zero-order valence-corrected chi connectivity index (χ0v) is 10.2. The standard InChI is InChI=1S/C10H10BrClO2/c1-5(2)6-3-9(13)10(14)7(11)4-8(6)12/h3-5H,1-2H3,(H,13,14). The van der Waals surface area contributed by atoms with Crippen LogP contribution in [-0.4, -0.2) is 5.11 Å². The van der Waals surface area contributed by atoms with Gasteiger partial charge in [0.15, 0.2) is 5.75 Å². The molecule has 1 N–H and O–H groups in total. The second-order valence-corrected chi connectivity index (χ2v) is 4.57. The highest BCUT2D eigenvalue weighted by Crippen LogP contribution is 2.27. The summed E-state index contributed by atoms with van der Waals surface area (Å²) in [6.07, 6.45) is 0. The molecule has 0 heterocycles. The lowest BCUT2D eigenvalue weighted by molar-refractivity contribution is 0.467. The van der Waals surface area contributed by atoms with Crippen LogP contribution in [0.4, 0.5) is 0 Å². The fraction of sp³-hybridized carbons (Fsp3) is 0.300. The van der Waals surface area contributed by atoms with Crippen LogP contribution in [0.25, 0.3) is 0 Å². The maximum Gasteiger partial charge on any atom is 0.221 e. The van der Waals surface area contributed by atoms with Crippen LogP contribution in [0.15, 0.2) is 21.4 Å². The molecule has 14 heavy (non-hydrogen) atoms. The molecule has 0 spiro atoms. The van der Waals surface area contributed by atoms with Crippen molar-refractivity contribution in [2.24, 2.45) is 0 Å². The number of rotatable bonds is 1. The van der Waals surface area contributed by atoms with E-state index in [4.69, 9.17) is 11.6 Å². The predicted molar refractivity (Wildman–Crippen MR) is 61.2 cm³/mol. The molecule has 1 aromatic carbocycles. The van der Waals surface area contributed by atoms with Crippen molar-refractivity contribution < 1.29 is 5.11 Å². The molecule has 1 rings (SSSR count). The van der Waals surface area contributed by atoms with E-state index < -0.39 is 5.43 Å². The van der Waals surface area contributed by atoms with Gasteiger partial charge in [-0.2, -0.15) is 0 Å². The third-order valence-electron chi connectivity index (χ3n) is 1.90. The highest BCUT2D eigenvalue weighted by atomic mass is 79.9. The van der Waals surface area contributed by atoms with Crippen LogP contribution < -0.4 is 5.43 Å². The molecule has 1 aromatic rings. The van der Waals surface area contributed by atoms with Gasteiger partial charge in [0.05, 0.1) is 4.47 Å². The molecule has 0 aliphatic heterocycles. The van der Waals surface area contributed by atoms with Crippen LogP contribution in [0.1, 0.15) is 25.3 Å². The summed E-state index contributed by atoms with van der Waals surface area (Å²) in [6, 6.07) is 2.90. The summed E-state index contributed by atoms with van der Waals surface area (Å²) >= 11 is 9.05. The maximum atomic E-state index is 11.4. The minimum atomic E-state index is -0.424. The maximum absolute atomic E-state index is 11.4. The third-order valence-corrected chi connectivity index (χ3v) is 2.83. The van der Waals surface area contributed by atoms with Crippen LogP contribution in [0, 0.1) is 0 Å². The largest absolute Gasteiger partial charge is 0.503 e. The Morgan fingerprint density at radius 3 is 2.50 bits per heavy atom. The second kappa shape index (κ2) is 4.32. The molecule has 0 fully saturated rings. The average molecular weight is 278 g/mol. The highest BCUT2D eigenvalue weighted by Gasteiger charge is 2.09.